The lowest BCUT2D eigenvalue weighted by atomic mass is 9.92. The van der Waals surface area contributed by atoms with Gasteiger partial charge in [-0.1, -0.05) is 24.3 Å². The fraction of sp³-hybridized carbons (Fsp3) is 0.333. The summed E-state index contributed by atoms with van der Waals surface area (Å²) in [5, 5.41) is 3.67. The van der Waals surface area contributed by atoms with Gasteiger partial charge in [0.15, 0.2) is 0 Å². The molecule has 0 saturated carbocycles. The molecule has 0 radical (unpaired) electrons. The van der Waals surface area contributed by atoms with E-state index in [2.05, 4.69) is 5.32 Å². The van der Waals surface area contributed by atoms with E-state index < -0.39 is 23.3 Å². The number of hydrogen-bond donors (Lipinski definition) is 1. The summed E-state index contributed by atoms with van der Waals surface area (Å²) in [6, 6.07) is 12.7. The molecule has 2 aliphatic rings. The molecule has 33 heavy (non-hydrogen) atoms. The van der Waals surface area contributed by atoms with Gasteiger partial charge in [0.2, 0.25) is 5.91 Å². The summed E-state index contributed by atoms with van der Waals surface area (Å²) < 4.78 is 14.4. The summed E-state index contributed by atoms with van der Waals surface area (Å²) in [6.07, 6.45) is 1.77. The quantitative estimate of drug-likeness (QED) is 0.596. The summed E-state index contributed by atoms with van der Waals surface area (Å²) in [5.74, 6) is -1.09. The highest BCUT2D eigenvalue weighted by Crippen LogP contribution is 2.33. The predicted octanol–water partition coefficient (Wildman–Crippen LogP) is 3.61. The second-order valence-electron chi connectivity index (χ2n) is 8.65. The molecule has 2 saturated heterocycles. The zero-order valence-electron chi connectivity index (χ0n) is 18.1. The van der Waals surface area contributed by atoms with Gasteiger partial charge in [-0.05, 0) is 49.6 Å². The smallest absolute Gasteiger partial charge is 0.325 e. The Morgan fingerprint density at radius 2 is 1.97 bits per heavy atom. The second-order valence-corrected chi connectivity index (χ2v) is 9.71. The lowest BCUT2D eigenvalue weighted by Gasteiger charge is -2.32. The van der Waals surface area contributed by atoms with Gasteiger partial charge in [-0.3, -0.25) is 14.5 Å². The summed E-state index contributed by atoms with van der Waals surface area (Å²) >= 11 is 1.65. The van der Waals surface area contributed by atoms with E-state index in [0.29, 0.717) is 18.7 Å². The van der Waals surface area contributed by atoms with Crippen LogP contribution in [0.15, 0.2) is 48.5 Å². The van der Waals surface area contributed by atoms with E-state index in [1.807, 2.05) is 24.3 Å². The van der Waals surface area contributed by atoms with E-state index in [1.165, 1.54) is 24.3 Å². The molecule has 1 N–H and O–H groups in total. The van der Waals surface area contributed by atoms with Crippen molar-refractivity contribution in [3.63, 3.8) is 0 Å². The van der Waals surface area contributed by atoms with E-state index in [-0.39, 0.29) is 18.4 Å². The molecule has 5 rings (SSSR count). The summed E-state index contributed by atoms with van der Waals surface area (Å²) in [5.41, 5.74) is 0.0858. The number of carbonyl (C=O) groups excluding carboxylic acids is 3. The Balaban J connectivity index is 1.29. The minimum atomic E-state index is -1.34. The van der Waals surface area contributed by atoms with E-state index in [0.717, 1.165) is 33.0 Å². The number of aromatic nitrogens is 1. The van der Waals surface area contributed by atoms with Crippen molar-refractivity contribution in [1.82, 2.24) is 20.1 Å². The van der Waals surface area contributed by atoms with Crippen LogP contribution in [0.5, 0.6) is 0 Å². The van der Waals surface area contributed by atoms with Crippen LogP contribution in [-0.2, 0) is 15.1 Å². The topological polar surface area (TPSA) is 82.6 Å². The van der Waals surface area contributed by atoms with Gasteiger partial charge in [0.05, 0.1) is 15.2 Å². The molecule has 0 spiro atoms. The highest BCUT2D eigenvalue weighted by molar-refractivity contribution is 7.18. The molecule has 0 unspecified atom stereocenters. The fourth-order valence-electron chi connectivity index (χ4n) is 4.52. The fourth-order valence-corrected chi connectivity index (χ4v) is 5.62. The van der Waals surface area contributed by atoms with Gasteiger partial charge < -0.3 is 10.2 Å². The van der Waals surface area contributed by atoms with Gasteiger partial charge in [-0.25, -0.2) is 14.2 Å². The zero-order chi connectivity index (χ0) is 23.2. The molecule has 4 amide bonds. The number of nitrogens with zero attached hydrogens (tertiary/aromatic N) is 3. The van der Waals surface area contributed by atoms with Crippen molar-refractivity contribution in [3.05, 3.63) is 64.9 Å². The Bertz CT molecular complexity index is 1210. The molecule has 0 aliphatic carbocycles. The van der Waals surface area contributed by atoms with E-state index >= 15 is 0 Å². The zero-order valence-corrected chi connectivity index (χ0v) is 18.9. The van der Waals surface area contributed by atoms with Crippen molar-refractivity contribution in [2.45, 2.75) is 31.2 Å². The number of nitrogens with one attached hydrogen (secondary N) is 1. The van der Waals surface area contributed by atoms with Crippen LogP contribution in [0.1, 0.15) is 36.3 Å². The minimum absolute atomic E-state index is 0.132. The molecular weight excluding hydrogens is 443 g/mol. The third kappa shape index (κ3) is 3.86. The van der Waals surface area contributed by atoms with E-state index in [4.69, 9.17) is 4.98 Å². The van der Waals surface area contributed by atoms with Crippen LogP contribution >= 0.6 is 11.3 Å². The molecule has 7 nitrogen and oxygen atoms in total. The number of imide groups is 1. The monoisotopic (exact) mass is 466 g/mol. The number of urea groups is 1. The first-order valence-electron chi connectivity index (χ1n) is 10.9. The number of hydrogen-bond acceptors (Lipinski definition) is 5. The van der Waals surface area contributed by atoms with Crippen molar-refractivity contribution >= 4 is 39.4 Å². The normalized spacial score (nSPS) is 23.3. The number of piperidine rings is 1. The highest BCUT2D eigenvalue weighted by Gasteiger charge is 2.49. The number of benzene rings is 2. The Morgan fingerprint density at radius 3 is 2.73 bits per heavy atom. The van der Waals surface area contributed by atoms with Crippen LogP contribution in [-0.4, -0.2) is 52.3 Å². The molecule has 0 bridgehead atoms. The van der Waals surface area contributed by atoms with Crippen LogP contribution in [0.4, 0.5) is 9.18 Å². The predicted molar refractivity (Wildman–Crippen MR) is 122 cm³/mol. The number of carbonyl (C=O) groups is 3. The van der Waals surface area contributed by atoms with Gasteiger partial charge in [0.25, 0.3) is 5.91 Å². The number of para-hydroxylation sites is 1. The van der Waals surface area contributed by atoms with Gasteiger partial charge in [-0.15, -0.1) is 11.3 Å². The lowest BCUT2D eigenvalue weighted by molar-refractivity contribution is -0.139. The van der Waals surface area contributed by atoms with Crippen LogP contribution in [0.3, 0.4) is 0 Å². The van der Waals surface area contributed by atoms with Crippen LogP contribution in [0.2, 0.25) is 0 Å². The molecule has 2 atom stereocenters. The average molecular weight is 467 g/mol. The largest absolute Gasteiger partial charge is 0.340 e. The number of amides is 4. The number of thiazole rings is 1. The van der Waals surface area contributed by atoms with E-state index in [1.54, 1.807) is 23.2 Å². The molecule has 170 valence electrons. The number of likely N-dealkylation sites (tertiary alicyclic amines) is 1. The maximum absolute atomic E-state index is 13.3. The van der Waals surface area contributed by atoms with Crippen molar-refractivity contribution in [2.75, 3.05) is 19.6 Å². The first-order valence-corrected chi connectivity index (χ1v) is 11.7. The molecular formula is C24H23FN4O3S. The van der Waals surface area contributed by atoms with Gasteiger partial charge in [0, 0.05) is 19.0 Å². The van der Waals surface area contributed by atoms with Crippen LogP contribution in [0.25, 0.3) is 10.2 Å². The number of fused-ring (bicyclic) bond motifs is 1. The van der Waals surface area contributed by atoms with Crippen molar-refractivity contribution in [3.8, 4) is 0 Å². The van der Waals surface area contributed by atoms with Gasteiger partial charge in [-0.2, -0.15) is 0 Å². The summed E-state index contributed by atoms with van der Waals surface area (Å²) in [7, 11) is 0. The molecule has 2 aromatic carbocycles. The SMILES string of the molecule is C[C@@]1(c2ccc(F)cc2)NC(=O)N(CC(=O)N2CCC[C@H](c3nc4ccccc4s3)C2)C1=O. The third-order valence-electron chi connectivity index (χ3n) is 6.42. The molecule has 1 aromatic heterocycles. The van der Waals surface area contributed by atoms with Crippen molar-refractivity contribution in [1.29, 1.82) is 0 Å². The van der Waals surface area contributed by atoms with E-state index in [9.17, 15) is 18.8 Å². The highest BCUT2D eigenvalue weighted by atomic mass is 32.1. The summed E-state index contributed by atoms with van der Waals surface area (Å²) in [6.45, 7) is 2.33. The molecule has 3 aromatic rings. The maximum Gasteiger partial charge on any atom is 0.325 e. The van der Waals surface area contributed by atoms with Crippen molar-refractivity contribution in [2.24, 2.45) is 0 Å². The Hall–Kier alpha value is -3.33. The summed E-state index contributed by atoms with van der Waals surface area (Å²) in [4.78, 5) is 46.2. The Kier molecular flexibility index (Phi) is 5.36. The number of halogens is 1. The van der Waals surface area contributed by atoms with Gasteiger partial charge >= 0.3 is 6.03 Å². The Labute approximate surface area is 194 Å². The molecule has 2 fully saturated rings. The lowest BCUT2D eigenvalue weighted by Crippen LogP contribution is -2.47. The Morgan fingerprint density at radius 1 is 1.21 bits per heavy atom. The van der Waals surface area contributed by atoms with Crippen LogP contribution in [0, 0.1) is 5.82 Å². The maximum atomic E-state index is 13.3. The first-order chi connectivity index (χ1) is 15.8. The van der Waals surface area contributed by atoms with Gasteiger partial charge in [0.1, 0.15) is 17.9 Å². The van der Waals surface area contributed by atoms with Crippen molar-refractivity contribution < 1.29 is 18.8 Å². The minimum Gasteiger partial charge on any atom is -0.340 e. The molecule has 9 heteroatoms. The first kappa shape index (κ1) is 21.5. The number of rotatable bonds is 4. The standard InChI is InChI=1S/C24H23FN4O3S/c1-24(16-8-10-17(25)11-9-16)22(31)29(23(32)27-24)14-20(30)28-12-4-5-15(13-28)21-26-18-6-2-3-7-19(18)33-21/h2-3,6-11,15H,4-5,12-14H2,1H3,(H,27,32)/t15-,24-/m0/s1. The van der Waals surface area contributed by atoms with Crippen LogP contribution < -0.4 is 5.32 Å². The molecule has 2 aliphatic heterocycles. The average Bonchev–Trinajstić information content (AvgIpc) is 3.35. The third-order valence-corrected chi connectivity index (χ3v) is 7.62. The molecule has 3 heterocycles. The second kappa shape index (κ2) is 8.22.